The Kier molecular flexibility index (Phi) is 4.42. The minimum Gasteiger partial charge on any atom is -0.311 e. The predicted molar refractivity (Wildman–Crippen MR) is 69.6 cm³/mol. The molecule has 1 atom stereocenters. The number of hydrogen-bond donors (Lipinski definition) is 1. The molecule has 1 aliphatic heterocycles. The smallest absolute Gasteiger partial charge is 0.0139 e. The molecule has 0 aromatic rings. The van der Waals surface area contributed by atoms with E-state index in [1.54, 1.807) is 0 Å². The van der Waals surface area contributed by atoms with Crippen LogP contribution in [0, 0.1) is 5.92 Å². The lowest BCUT2D eigenvalue weighted by atomic mass is 9.90. The molecule has 2 aliphatic rings. The molecule has 2 rings (SSSR count). The Labute approximate surface area is 100 Å². The van der Waals surface area contributed by atoms with Crippen molar-refractivity contribution >= 4 is 0 Å². The van der Waals surface area contributed by atoms with E-state index >= 15 is 0 Å². The molecule has 0 amide bonds. The van der Waals surface area contributed by atoms with E-state index in [-0.39, 0.29) is 0 Å². The zero-order valence-corrected chi connectivity index (χ0v) is 10.8. The summed E-state index contributed by atoms with van der Waals surface area (Å²) in [5.41, 5.74) is 0. The first-order valence-corrected chi connectivity index (χ1v) is 6.93. The minimum atomic E-state index is 0.698. The lowest BCUT2D eigenvalue weighted by molar-refractivity contribution is 0.165. The third kappa shape index (κ3) is 3.08. The first-order chi connectivity index (χ1) is 7.79. The Morgan fingerprint density at radius 1 is 1.25 bits per heavy atom. The highest BCUT2D eigenvalue weighted by Crippen LogP contribution is 2.22. The highest BCUT2D eigenvalue weighted by Gasteiger charge is 2.24. The van der Waals surface area contributed by atoms with Gasteiger partial charge in [-0.05, 0) is 58.2 Å². The van der Waals surface area contributed by atoms with Gasteiger partial charge >= 0.3 is 0 Å². The summed E-state index contributed by atoms with van der Waals surface area (Å²) in [4.78, 5) is 2.57. The van der Waals surface area contributed by atoms with Crippen molar-refractivity contribution in [1.82, 2.24) is 10.2 Å². The minimum absolute atomic E-state index is 0.698. The molecule has 0 spiro atoms. The summed E-state index contributed by atoms with van der Waals surface area (Å²) in [5, 5.41) is 3.80. The number of nitrogens with one attached hydrogen (secondary N) is 1. The van der Waals surface area contributed by atoms with Gasteiger partial charge in [0.05, 0.1) is 0 Å². The lowest BCUT2D eigenvalue weighted by Gasteiger charge is -2.35. The fraction of sp³-hybridized carbons (Fsp3) is 0.857. The van der Waals surface area contributed by atoms with Gasteiger partial charge in [-0.1, -0.05) is 19.1 Å². The summed E-state index contributed by atoms with van der Waals surface area (Å²) in [6.45, 7) is 8.48. The predicted octanol–water partition coefficient (Wildman–Crippen LogP) is 2.42. The highest BCUT2D eigenvalue weighted by molar-refractivity contribution is 4.98. The first kappa shape index (κ1) is 12.1. The third-order valence-corrected chi connectivity index (χ3v) is 4.29. The van der Waals surface area contributed by atoms with Crippen LogP contribution in [0.5, 0.6) is 0 Å². The Morgan fingerprint density at radius 2 is 1.88 bits per heavy atom. The molecular formula is C14H26N2. The highest BCUT2D eigenvalue weighted by atomic mass is 15.1. The van der Waals surface area contributed by atoms with Crippen molar-refractivity contribution in [1.29, 1.82) is 0 Å². The van der Waals surface area contributed by atoms with Crippen molar-refractivity contribution in [2.75, 3.05) is 19.6 Å². The van der Waals surface area contributed by atoms with Crippen LogP contribution in [-0.2, 0) is 0 Å². The van der Waals surface area contributed by atoms with Crippen LogP contribution < -0.4 is 5.32 Å². The average Bonchev–Trinajstić information content (AvgIpc) is 2.82. The SMILES string of the molecule is CCN1CCC(C(C)NC2CC=CC2)CC1. The van der Waals surface area contributed by atoms with Crippen molar-refractivity contribution in [3.05, 3.63) is 12.2 Å². The molecule has 0 radical (unpaired) electrons. The van der Waals surface area contributed by atoms with Crippen LogP contribution in [0.25, 0.3) is 0 Å². The van der Waals surface area contributed by atoms with Gasteiger partial charge < -0.3 is 10.2 Å². The molecule has 1 unspecified atom stereocenters. The molecule has 0 aromatic carbocycles. The van der Waals surface area contributed by atoms with Crippen LogP contribution in [-0.4, -0.2) is 36.6 Å². The van der Waals surface area contributed by atoms with Gasteiger partial charge in [0.25, 0.3) is 0 Å². The molecule has 1 N–H and O–H groups in total. The van der Waals surface area contributed by atoms with Crippen LogP contribution in [0.2, 0.25) is 0 Å². The molecular weight excluding hydrogens is 196 g/mol. The van der Waals surface area contributed by atoms with Crippen LogP contribution in [0.4, 0.5) is 0 Å². The summed E-state index contributed by atoms with van der Waals surface area (Å²) in [5.74, 6) is 0.892. The van der Waals surface area contributed by atoms with E-state index in [4.69, 9.17) is 0 Å². The molecule has 0 bridgehead atoms. The van der Waals surface area contributed by atoms with Crippen molar-refractivity contribution in [2.45, 2.75) is 51.6 Å². The van der Waals surface area contributed by atoms with E-state index < -0.39 is 0 Å². The molecule has 2 nitrogen and oxygen atoms in total. The van der Waals surface area contributed by atoms with Crippen LogP contribution in [0.15, 0.2) is 12.2 Å². The molecule has 0 saturated carbocycles. The standard InChI is InChI=1S/C14H26N2/c1-3-16-10-8-13(9-11-16)12(2)15-14-6-4-5-7-14/h4-5,12-15H,3,6-11H2,1-2H3. The average molecular weight is 222 g/mol. The second kappa shape index (κ2) is 5.83. The van der Waals surface area contributed by atoms with Gasteiger partial charge in [0, 0.05) is 12.1 Å². The Bertz CT molecular complexity index is 221. The summed E-state index contributed by atoms with van der Waals surface area (Å²) < 4.78 is 0. The van der Waals surface area contributed by atoms with Crippen molar-refractivity contribution in [2.24, 2.45) is 5.92 Å². The summed E-state index contributed by atoms with van der Waals surface area (Å²) in [6, 6.07) is 1.42. The molecule has 1 fully saturated rings. The van der Waals surface area contributed by atoms with Crippen LogP contribution in [0.1, 0.15) is 39.5 Å². The monoisotopic (exact) mass is 222 g/mol. The van der Waals surface area contributed by atoms with Gasteiger partial charge in [0.1, 0.15) is 0 Å². The Morgan fingerprint density at radius 3 is 2.44 bits per heavy atom. The molecule has 1 heterocycles. The van der Waals surface area contributed by atoms with Crippen molar-refractivity contribution in [3.8, 4) is 0 Å². The van der Waals surface area contributed by atoms with E-state index in [0.717, 1.165) is 12.0 Å². The molecule has 1 saturated heterocycles. The molecule has 16 heavy (non-hydrogen) atoms. The van der Waals surface area contributed by atoms with E-state index in [9.17, 15) is 0 Å². The van der Waals surface area contributed by atoms with E-state index in [2.05, 4.69) is 36.2 Å². The van der Waals surface area contributed by atoms with Gasteiger partial charge in [-0.15, -0.1) is 0 Å². The Hall–Kier alpha value is -0.340. The lowest BCUT2D eigenvalue weighted by Crippen LogP contribution is -2.44. The van der Waals surface area contributed by atoms with Gasteiger partial charge in [-0.2, -0.15) is 0 Å². The third-order valence-electron chi connectivity index (χ3n) is 4.29. The maximum absolute atomic E-state index is 3.80. The number of piperidine rings is 1. The fourth-order valence-corrected chi connectivity index (χ4v) is 3.03. The van der Waals surface area contributed by atoms with Crippen LogP contribution in [0.3, 0.4) is 0 Å². The summed E-state index contributed by atoms with van der Waals surface area (Å²) >= 11 is 0. The van der Waals surface area contributed by atoms with E-state index in [1.807, 2.05) is 0 Å². The van der Waals surface area contributed by atoms with Crippen molar-refractivity contribution in [3.63, 3.8) is 0 Å². The number of hydrogen-bond acceptors (Lipinski definition) is 2. The topological polar surface area (TPSA) is 15.3 Å². The zero-order chi connectivity index (χ0) is 11.4. The van der Waals surface area contributed by atoms with Crippen LogP contribution >= 0.6 is 0 Å². The van der Waals surface area contributed by atoms with Gasteiger partial charge in [-0.25, -0.2) is 0 Å². The number of nitrogens with zero attached hydrogens (tertiary/aromatic N) is 1. The van der Waals surface area contributed by atoms with Gasteiger partial charge in [-0.3, -0.25) is 0 Å². The Balaban J connectivity index is 1.71. The maximum atomic E-state index is 3.80. The quantitative estimate of drug-likeness (QED) is 0.735. The van der Waals surface area contributed by atoms with E-state index in [1.165, 1.54) is 45.3 Å². The maximum Gasteiger partial charge on any atom is 0.0139 e. The molecule has 92 valence electrons. The zero-order valence-electron chi connectivity index (χ0n) is 10.8. The first-order valence-electron chi connectivity index (χ1n) is 6.93. The summed E-state index contributed by atoms with van der Waals surface area (Å²) in [7, 11) is 0. The number of rotatable bonds is 4. The van der Waals surface area contributed by atoms with Crippen molar-refractivity contribution < 1.29 is 0 Å². The molecule has 2 heteroatoms. The normalized spacial score (nSPS) is 26.4. The molecule has 0 aromatic heterocycles. The largest absolute Gasteiger partial charge is 0.311 e. The molecule has 1 aliphatic carbocycles. The second-order valence-electron chi connectivity index (χ2n) is 5.37. The van der Waals surface area contributed by atoms with Gasteiger partial charge in [0.2, 0.25) is 0 Å². The fourth-order valence-electron chi connectivity index (χ4n) is 3.03. The number of likely N-dealkylation sites (tertiary alicyclic amines) is 1. The second-order valence-corrected chi connectivity index (χ2v) is 5.37. The summed E-state index contributed by atoms with van der Waals surface area (Å²) in [6.07, 6.45) is 9.84. The van der Waals surface area contributed by atoms with Gasteiger partial charge in [0.15, 0.2) is 0 Å². The van der Waals surface area contributed by atoms with E-state index in [0.29, 0.717) is 6.04 Å².